The first kappa shape index (κ1) is 14.1. The molecule has 2 unspecified atom stereocenters. The molecule has 0 fully saturated rings. The second kappa shape index (κ2) is 7.41. The molecule has 96 valence electrons. The number of nitrogens with zero attached hydrogens (tertiary/aromatic N) is 1. The SMILES string of the molecule is CCCNC(CC(C)OC)c1cnccc1C. The fourth-order valence-corrected chi connectivity index (χ4v) is 1.91. The van der Waals surface area contributed by atoms with Crippen LogP contribution < -0.4 is 5.32 Å². The first-order chi connectivity index (χ1) is 8.19. The van der Waals surface area contributed by atoms with E-state index in [0.29, 0.717) is 6.04 Å². The van der Waals surface area contributed by atoms with E-state index in [1.807, 2.05) is 12.4 Å². The van der Waals surface area contributed by atoms with Crippen molar-refractivity contribution < 1.29 is 4.74 Å². The van der Waals surface area contributed by atoms with Gasteiger partial charge in [-0.15, -0.1) is 0 Å². The molecule has 0 aliphatic carbocycles. The first-order valence-corrected chi connectivity index (χ1v) is 6.35. The summed E-state index contributed by atoms with van der Waals surface area (Å²) in [7, 11) is 1.76. The smallest absolute Gasteiger partial charge is 0.0561 e. The molecule has 17 heavy (non-hydrogen) atoms. The maximum absolute atomic E-state index is 5.36. The molecule has 0 aromatic carbocycles. The molecule has 0 aliphatic rings. The van der Waals surface area contributed by atoms with Crippen LogP contribution in [0.15, 0.2) is 18.5 Å². The van der Waals surface area contributed by atoms with Crippen molar-refractivity contribution in [2.24, 2.45) is 0 Å². The van der Waals surface area contributed by atoms with Gasteiger partial charge in [0.15, 0.2) is 0 Å². The summed E-state index contributed by atoms with van der Waals surface area (Å²) in [5.41, 5.74) is 2.57. The molecule has 1 aromatic rings. The first-order valence-electron chi connectivity index (χ1n) is 6.35. The summed E-state index contributed by atoms with van der Waals surface area (Å²) in [6.07, 6.45) is 6.17. The largest absolute Gasteiger partial charge is 0.382 e. The van der Waals surface area contributed by atoms with Crippen molar-refractivity contribution in [2.45, 2.75) is 45.8 Å². The van der Waals surface area contributed by atoms with Gasteiger partial charge in [-0.05, 0) is 50.4 Å². The number of ether oxygens (including phenoxy) is 1. The summed E-state index contributed by atoms with van der Waals surface area (Å²) in [6.45, 7) is 7.44. The van der Waals surface area contributed by atoms with E-state index in [9.17, 15) is 0 Å². The van der Waals surface area contributed by atoms with Crippen molar-refractivity contribution in [1.82, 2.24) is 10.3 Å². The molecule has 0 bridgehead atoms. The Kier molecular flexibility index (Phi) is 6.16. The second-order valence-electron chi connectivity index (χ2n) is 4.52. The van der Waals surface area contributed by atoms with Gasteiger partial charge in [0.1, 0.15) is 0 Å². The normalized spacial score (nSPS) is 14.6. The maximum Gasteiger partial charge on any atom is 0.0561 e. The van der Waals surface area contributed by atoms with E-state index >= 15 is 0 Å². The van der Waals surface area contributed by atoms with Crippen LogP contribution in [0.5, 0.6) is 0 Å². The highest BCUT2D eigenvalue weighted by Gasteiger charge is 2.16. The van der Waals surface area contributed by atoms with Gasteiger partial charge >= 0.3 is 0 Å². The molecule has 1 N–H and O–H groups in total. The molecule has 0 saturated carbocycles. The third-order valence-corrected chi connectivity index (χ3v) is 3.07. The van der Waals surface area contributed by atoms with Gasteiger partial charge in [-0.2, -0.15) is 0 Å². The zero-order valence-corrected chi connectivity index (χ0v) is 11.4. The van der Waals surface area contributed by atoms with Crippen LogP contribution >= 0.6 is 0 Å². The number of methoxy groups -OCH3 is 1. The average Bonchev–Trinajstić information content (AvgIpc) is 2.35. The Labute approximate surface area is 105 Å². The predicted molar refractivity (Wildman–Crippen MR) is 71.1 cm³/mol. The minimum absolute atomic E-state index is 0.254. The molecule has 0 aliphatic heterocycles. The Morgan fingerprint density at radius 3 is 2.82 bits per heavy atom. The van der Waals surface area contributed by atoms with E-state index in [2.05, 4.69) is 37.1 Å². The molecule has 3 nitrogen and oxygen atoms in total. The summed E-state index contributed by atoms with van der Waals surface area (Å²) in [4.78, 5) is 4.23. The van der Waals surface area contributed by atoms with Gasteiger partial charge in [-0.25, -0.2) is 0 Å². The van der Waals surface area contributed by atoms with Gasteiger partial charge in [0, 0.05) is 25.5 Å². The van der Waals surface area contributed by atoms with Gasteiger partial charge < -0.3 is 10.1 Å². The second-order valence-corrected chi connectivity index (χ2v) is 4.52. The van der Waals surface area contributed by atoms with Crippen LogP contribution in [0.25, 0.3) is 0 Å². The van der Waals surface area contributed by atoms with Crippen molar-refractivity contribution in [3.8, 4) is 0 Å². The van der Waals surface area contributed by atoms with Gasteiger partial charge in [0.05, 0.1) is 6.10 Å². The van der Waals surface area contributed by atoms with E-state index in [1.54, 1.807) is 7.11 Å². The summed E-state index contributed by atoms with van der Waals surface area (Å²) in [6, 6.07) is 2.39. The number of aromatic nitrogens is 1. The van der Waals surface area contributed by atoms with Crippen LogP contribution in [0, 0.1) is 6.92 Å². The van der Waals surface area contributed by atoms with Gasteiger partial charge in [0.25, 0.3) is 0 Å². The lowest BCUT2D eigenvalue weighted by Crippen LogP contribution is -2.26. The van der Waals surface area contributed by atoms with Crippen molar-refractivity contribution in [2.75, 3.05) is 13.7 Å². The zero-order chi connectivity index (χ0) is 12.7. The number of hydrogen-bond donors (Lipinski definition) is 1. The molecule has 2 atom stereocenters. The number of hydrogen-bond acceptors (Lipinski definition) is 3. The standard InChI is InChI=1S/C14H24N2O/c1-5-7-16-14(9-12(3)17-4)13-10-15-8-6-11(13)2/h6,8,10,12,14,16H,5,7,9H2,1-4H3. The van der Waals surface area contributed by atoms with Crippen LogP contribution in [0.2, 0.25) is 0 Å². The van der Waals surface area contributed by atoms with Gasteiger partial charge in [0.2, 0.25) is 0 Å². The quantitative estimate of drug-likeness (QED) is 0.790. The fourth-order valence-electron chi connectivity index (χ4n) is 1.91. The monoisotopic (exact) mass is 236 g/mol. The molecule has 3 heteroatoms. The van der Waals surface area contributed by atoms with Crippen molar-refractivity contribution >= 4 is 0 Å². The van der Waals surface area contributed by atoms with Crippen molar-refractivity contribution in [3.05, 3.63) is 29.6 Å². The number of nitrogens with one attached hydrogen (secondary N) is 1. The van der Waals surface area contributed by atoms with Crippen LogP contribution in [0.3, 0.4) is 0 Å². The Bertz CT molecular complexity index is 328. The Hall–Kier alpha value is -0.930. The Morgan fingerprint density at radius 2 is 2.24 bits per heavy atom. The van der Waals surface area contributed by atoms with E-state index < -0.39 is 0 Å². The van der Waals surface area contributed by atoms with Gasteiger partial charge in [-0.3, -0.25) is 4.98 Å². The predicted octanol–water partition coefficient (Wildman–Crippen LogP) is 2.86. The maximum atomic E-state index is 5.36. The zero-order valence-electron chi connectivity index (χ0n) is 11.4. The van der Waals surface area contributed by atoms with Gasteiger partial charge in [-0.1, -0.05) is 6.92 Å². The minimum Gasteiger partial charge on any atom is -0.382 e. The lowest BCUT2D eigenvalue weighted by molar-refractivity contribution is 0.100. The molecule has 1 rings (SSSR count). The van der Waals surface area contributed by atoms with Crippen LogP contribution in [0.4, 0.5) is 0 Å². The Morgan fingerprint density at radius 1 is 1.47 bits per heavy atom. The summed E-state index contributed by atoms with van der Waals surface area (Å²) in [5, 5.41) is 3.57. The highest BCUT2D eigenvalue weighted by molar-refractivity contribution is 5.25. The summed E-state index contributed by atoms with van der Waals surface area (Å²) < 4.78 is 5.36. The van der Waals surface area contributed by atoms with Crippen LogP contribution in [-0.4, -0.2) is 24.7 Å². The highest BCUT2D eigenvalue weighted by Crippen LogP contribution is 2.21. The van der Waals surface area contributed by atoms with Crippen LogP contribution in [-0.2, 0) is 4.74 Å². The molecule has 0 radical (unpaired) electrons. The van der Waals surface area contributed by atoms with E-state index in [-0.39, 0.29) is 6.10 Å². The molecule has 1 aromatic heterocycles. The molecule has 0 amide bonds. The third-order valence-electron chi connectivity index (χ3n) is 3.07. The lowest BCUT2D eigenvalue weighted by Gasteiger charge is -2.23. The number of rotatable bonds is 7. The number of aryl methyl sites for hydroxylation is 1. The molecular formula is C14H24N2O. The average molecular weight is 236 g/mol. The minimum atomic E-state index is 0.254. The van der Waals surface area contributed by atoms with E-state index in [0.717, 1.165) is 19.4 Å². The summed E-state index contributed by atoms with van der Waals surface area (Å²) >= 11 is 0. The lowest BCUT2D eigenvalue weighted by atomic mass is 9.98. The molecular weight excluding hydrogens is 212 g/mol. The topological polar surface area (TPSA) is 34.1 Å². The molecule has 0 spiro atoms. The van der Waals surface area contributed by atoms with Crippen LogP contribution in [0.1, 0.15) is 43.9 Å². The van der Waals surface area contributed by atoms with Crippen molar-refractivity contribution in [1.29, 1.82) is 0 Å². The Balaban J connectivity index is 2.78. The van der Waals surface area contributed by atoms with E-state index in [1.165, 1.54) is 11.1 Å². The number of pyridine rings is 1. The molecule has 0 saturated heterocycles. The highest BCUT2D eigenvalue weighted by atomic mass is 16.5. The molecule has 1 heterocycles. The van der Waals surface area contributed by atoms with E-state index in [4.69, 9.17) is 4.74 Å². The fraction of sp³-hybridized carbons (Fsp3) is 0.643. The summed E-state index contributed by atoms with van der Waals surface area (Å²) in [5.74, 6) is 0. The third kappa shape index (κ3) is 4.44. The van der Waals surface area contributed by atoms with Crippen molar-refractivity contribution in [3.63, 3.8) is 0 Å².